The first kappa shape index (κ1) is 9.12. The van der Waals surface area contributed by atoms with Crippen LogP contribution in [0.15, 0.2) is 23.0 Å². The minimum absolute atomic E-state index is 0.0709. The predicted octanol–water partition coefficient (Wildman–Crippen LogP) is 0.765. The number of nitrogens with zero attached hydrogens (tertiary/aromatic N) is 2. The van der Waals surface area contributed by atoms with Crippen LogP contribution in [0.4, 0.5) is 0 Å². The molecule has 2 aliphatic heterocycles. The summed E-state index contributed by atoms with van der Waals surface area (Å²) in [6, 6.07) is 5.36. The van der Waals surface area contributed by atoms with Crippen molar-refractivity contribution in [2.24, 2.45) is 5.92 Å². The van der Waals surface area contributed by atoms with Crippen molar-refractivity contribution in [3.8, 4) is 0 Å². The lowest BCUT2D eigenvalue weighted by atomic mass is 9.84. The van der Waals surface area contributed by atoms with Crippen molar-refractivity contribution in [3.05, 3.63) is 39.5 Å². The number of piperidine rings is 1. The van der Waals surface area contributed by atoms with E-state index in [1.54, 1.807) is 12.1 Å². The maximum Gasteiger partial charge on any atom is 0.250 e. The van der Waals surface area contributed by atoms with E-state index in [-0.39, 0.29) is 11.5 Å². The molecule has 0 amide bonds. The lowest BCUT2D eigenvalue weighted by molar-refractivity contribution is 0.162. The first-order valence-corrected chi connectivity index (χ1v) is 5.36. The van der Waals surface area contributed by atoms with Gasteiger partial charge in [-0.15, -0.1) is 0 Å². The summed E-state index contributed by atoms with van der Waals surface area (Å²) < 4.78 is 1.84. The second kappa shape index (κ2) is 3.18. The van der Waals surface area contributed by atoms with Crippen LogP contribution in [0, 0.1) is 11.1 Å². The highest BCUT2D eigenvalue weighted by Gasteiger charge is 2.31. The maximum absolute atomic E-state index is 11.6. The largest absolute Gasteiger partial charge is 0.785 e. The fourth-order valence-corrected chi connectivity index (χ4v) is 2.85. The summed E-state index contributed by atoms with van der Waals surface area (Å²) in [5.74, 6) is 0.609. The third-order valence-electron chi connectivity index (χ3n) is 3.45. The molecule has 1 aromatic rings. The van der Waals surface area contributed by atoms with Crippen LogP contribution in [0.3, 0.4) is 0 Å². The summed E-state index contributed by atoms with van der Waals surface area (Å²) in [5, 5.41) is 12.5. The van der Waals surface area contributed by atoms with Gasteiger partial charge < -0.3 is 14.8 Å². The van der Waals surface area contributed by atoms with Crippen molar-refractivity contribution in [1.29, 1.82) is 0 Å². The topological polar surface area (TPSA) is 48.3 Å². The van der Waals surface area contributed by atoms with Crippen molar-refractivity contribution >= 4 is 0 Å². The number of fused-ring (bicyclic) bond motifs is 4. The van der Waals surface area contributed by atoms with E-state index in [1.807, 2.05) is 10.6 Å². The number of aromatic nitrogens is 1. The molecule has 1 fully saturated rings. The Kier molecular flexibility index (Phi) is 1.94. The molecule has 0 unspecified atom stereocenters. The first-order chi connectivity index (χ1) is 7.24. The van der Waals surface area contributed by atoms with Crippen LogP contribution in [0.1, 0.15) is 18.0 Å². The Balaban J connectivity index is 2.10. The molecule has 0 radical (unpaired) electrons. The van der Waals surface area contributed by atoms with E-state index in [0.29, 0.717) is 25.6 Å². The van der Waals surface area contributed by atoms with E-state index in [0.717, 1.165) is 17.2 Å². The SMILES string of the molecule is O=c1cccc2n1C[C@H]1C[C@@H]2CN([O-])C1. The van der Waals surface area contributed by atoms with Gasteiger partial charge in [-0.3, -0.25) is 4.79 Å². The van der Waals surface area contributed by atoms with Gasteiger partial charge >= 0.3 is 0 Å². The zero-order valence-corrected chi connectivity index (χ0v) is 8.43. The van der Waals surface area contributed by atoms with E-state index in [2.05, 4.69) is 0 Å². The van der Waals surface area contributed by atoms with Crippen LogP contribution in [0.25, 0.3) is 0 Å². The van der Waals surface area contributed by atoms with Gasteiger partial charge in [-0.25, -0.2) is 0 Å². The highest BCUT2D eigenvalue weighted by Crippen LogP contribution is 2.34. The fourth-order valence-electron chi connectivity index (χ4n) is 2.85. The molecule has 0 N–H and O–H groups in total. The Morgan fingerprint density at radius 1 is 1.27 bits per heavy atom. The molecule has 2 atom stereocenters. The van der Waals surface area contributed by atoms with Crippen molar-refractivity contribution in [2.75, 3.05) is 13.1 Å². The predicted molar refractivity (Wildman–Crippen MR) is 56.5 cm³/mol. The van der Waals surface area contributed by atoms with E-state index >= 15 is 0 Å². The van der Waals surface area contributed by atoms with Crippen LogP contribution in [0.2, 0.25) is 0 Å². The Hall–Kier alpha value is -1.13. The van der Waals surface area contributed by atoms with Crippen molar-refractivity contribution in [1.82, 2.24) is 9.63 Å². The second-order valence-electron chi connectivity index (χ2n) is 4.55. The first-order valence-electron chi connectivity index (χ1n) is 5.36. The number of rotatable bonds is 0. The summed E-state index contributed by atoms with van der Waals surface area (Å²) in [6.45, 7) is 1.83. The average Bonchev–Trinajstić information content (AvgIpc) is 2.19. The van der Waals surface area contributed by atoms with Crippen LogP contribution >= 0.6 is 0 Å². The van der Waals surface area contributed by atoms with Crippen molar-refractivity contribution in [2.45, 2.75) is 18.9 Å². The number of hydrogen-bond donors (Lipinski definition) is 0. The van der Waals surface area contributed by atoms with Gasteiger partial charge in [0.05, 0.1) is 0 Å². The second-order valence-corrected chi connectivity index (χ2v) is 4.55. The van der Waals surface area contributed by atoms with E-state index in [4.69, 9.17) is 0 Å². The third kappa shape index (κ3) is 1.41. The zero-order chi connectivity index (χ0) is 10.4. The third-order valence-corrected chi connectivity index (χ3v) is 3.45. The molecule has 4 nitrogen and oxygen atoms in total. The van der Waals surface area contributed by atoms with Crippen LogP contribution in [-0.2, 0) is 6.54 Å². The Morgan fingerprint density at radius 2 is 2.13 bits per heavy atom. The van der Waals surface area contributed by atoms with Gasteiger partial charge in [0.15, 0.2) is 0 Å². The normalized spacial score (nSPS) is 29.9. The molecule has 15 heavy (non-hydrogen) atoms. The number of hydroxylamine groups is 2. The minimum Gasteiger partial charge on any atom is -0.785 e. The van der Waals surface area contributed by atoms with Gasteiger partial charge in [-0.05, 0) is 31.5 Å². The monoisotopic (exact) mass is 205 g/mol. The van der Waals surface area contributed by atoms with Gasteiger partial charge in [0.1, 0.15) is 0 Å². The van der Waals surface area contributed by atoms with Gasteiger partial charge in [0, 0.05) is 24.2 Å². The lowest BCUT2D eigenvalue weighted by Gasteiger charge is -2.45. The Bertz CT molecular complexity index is 440. The van der Waals surface area contributed by atoms with Crippen molar-refractivity contribution < 1.29 is 0 Å². The smallest absolute Gasteiger partial charge is 0.250 e. The summed E-state index contributed by atoms with van der Waals surface area (Å²) in [7, 11) is 0. The molecule has 1 aromatic heterocycles. The van der Waals surface area contributed by atoms with Gasteiger partial charge in [0.2, 0.25) is 0 Å². The summed E-state index contributed by atoms with van der Waals surface area (Å²) in [6.07, 6.45) is 1.06. The quantitative estimate of drug-likeness (QED) is 0.628. The molecular formula is C11H13N2O2-. The Morgan fingerprint density at radius 3 is 3.00 bits per heavy atom. The molecule has 80 valence electrons. The molecule has 0 aliphatic carbocycles. The minimum atomic E-state index is 0.0709. The molecule has 2 aliphatic rings. The van der Waals surface area contributed by atoms with Crippen LogP contribution in [0.5, 0.6) is 0 Å². The zero-order valence-electron chi connectivity index (χ0n) is 8.43. The van der Waals surface area contributed by atoms with E-state index in [9.17, 15) is 10.0 Å². The van der Waals surface area contributed by atoms with Crippen LogP contribution < -0.4 is 5.56 Å². The molecule has 0 spiro atoms. The van der Waals surface area contributed by atoms with Gasteiger partial charge in [0.25, 0.3) is 5.56 Å². The van der Waals surface area contributed by atoms with Gasteiger partial charge in [-0.2, -0.15) is 0 Å². The summed E-state index contributed by atoms with van der Waals surface area (Å²) in [4.78, 5) is 11.6. The molecule has 3 rings (SSSR count). The molecule has 1 saturated heterocycles. The highest BCUT2D eigenvalue weighted by atomic mass is 16.5. The summed E-state index contributed by atoms with van der Waals surface area (Å²) >= 11 is 0. The van der Waals surface area contributed by atoms with Crippen molar-refractivity contribution in [3.63, 3.8) is 0 Å². The standard InChI is InChI=1S/C11H13N2O2/c14-11-3-1-2-10-9-4-8(6-13(10)11)5-12(15)7-9/h1-3,8-9H,4-7H2/q-1/t8-,9+/m0/s1. The summed E-state index contributed by atoms with van der Waals surface area (Å²) in [5.41, 5.74) is 1.11. The molecule has 0 aromatic carbocycles. The molecule has 3 heterocycles. The Labute approximate surface area is 87.7 Å². The molecule has 2 bridgehead atoms. The van der Waals surface area contributed by atoms with Gasteiger partial charge in [-0.1, -0.05) is 6.07 Å². The van der Waals surface area contributed by atoms with Crippen LogP contribution in [-0.4, -0.2) is 22.7 Å². The van der Waals surface area contributed by atoms with E-state index < -0.39 is 0 Å². The number of hydrogen-bond acceptors (Lipinski definition) is 3. The molecule has 0 saturated carbocycles. The fraction of sp³-hybridized carbons (Fsp3) is 0.545. The number of pyridine rings is 1. The maximum atomic E-state index is 11.6. The molecular weight excluding hydrogens is 192 g/mol. The van der Waals surface area contributed by atoms with E-state index in [1.165, 1.54) is 0 Å². The highest BCUT2D eigenvalue weighted by molar-refractivity contribution is 5.16. The lowest BCUT2D eigenvalue weighted by Crippen LogP contribution is -2.44. The molecule has 4 heteroatoms. The average molecular weight is 205 g/mol.